The van der Waals surface area contributed by atoms with E-state index in [1.165, 1.54) is 12.1 Å². The van der Waals surface area contributed by atoms with E-state index in [1.54, 1.807) is 19.2 Å². The number of aromatic nitrogens is 2. The van der Waals surface area contributed by atoms with Gasteiger partial charge in [0.1, 0.15) is 23.4 Å². The Labute approximate surface area is 165 Å². The summed E-state index contributed by atoms with van der Waals surface area (Å²) in [6, 6.07) is 6.66. The minimum atomic E-state index is -4.52. The van der Waals surface area contributed by atoms with Gasteiger partial charge in [0.05, 0.1) is 6.54 Å². The van der Waals surface area contributed by atoms with Crippen LogP contribution in [0.15, 0.2) is 41.5 Å². The van der Waals surface area contributed by atoms with Crippen molar-refractivity contribution < 1.29 is 22.3 Å². The molecule has 1 unspecified atom stereocenters. The molecule has 1 aromatic carbocycles. The average Bonchev–Trinajstić information content (AvgIpc) is 2.67. The van der Waals surface area contributed by atoms with Gasteiger partial charge in [0, 0.05) is 32.4 Å². The molecule has 0 amide bonds. The number of hydrogen-bond acceptors (Lipinski definition) is 5. The average molecular weight is 414 g/mol. The fourth-order valence-corrected chi connectivity index (χ4v) is 2.23. The first-order chi connectivity index (χ1) is 13.8. The molecule has 0 spiro atoms. The molecule has 0 aliphatic carbocycles. The van der Waals surface area contributed by atoms with Crippen LogP contribution >= 0.6 is 0 Å². The second-order valence-electron chi connectivity index (χ2n) is 5.96. The minimum absolute atomic E-state index is 0.110. The van der Waals surface area contributed by atoms with Crippen molar-refractivity contribution in [3.05, 3.63) is 48.0 Å². The molecule has 2 rings (SSSR count). The van der Waals surface area contributed by atoms with Crippen LogP contribution in [0.25, 0.3) is 0 Å². The lowest BCUT2D eigenvalue weighted by atomic mass is 10.3. The van der Waals surface area contributed by atoms with Crippen molar-refractivity contribution in [2.24, 2.45) is 4.99 Å². The van der Waals surface area contributed by atoms with E-state index in [4.69, 9.17) is 4.74 Å². The first-order valence-corrected chi connectivity index (χ1v) is 8.79. The quantitative estimate of drug-likeness (QED) is 0.267. The summed E-state index contributed by atoms with van der Waals surface area (Å²) in [5.74, 6) is 0.415. The van der Waals surface area contributed by atoms with Gasteiger partial charge in [0.15, 0.2) is 5.96 Å². The zero-order chi connectivity index (χ0) is 21.3. The number of alkyl halides is 3. The van der Waals surface area contributed by atoms with Gasteiger partial charge in [-0.15, -0.1) is 0 Å². The summed E-state index contributed by atoms with van der Waals surface area (Å²) in [4.78, 5) is 11.2. The van der Waals surface area contributed by atoms with E-state index >= 15 is 0 Å². The first kappa shape index (κ1) is 22.2. The number of anilines is 1. The van der Waals surface area contributed by atoms with Crippen molar-refractivity contribution >= 4 is 11.9 Å². The Morgan fingerprint density at radius 3 is 2.69 bits per heavy atom. The standard InChI is InChI=1S/C18H22F4N6O/c1-12(29-14-5-3-4-13(19)10-14)11-27-16(23-2)25-8-9-26-17-24-7-6-15(28-17)18(20,21)22/h3-7,10,12H,8-9,11H2,1-2H3,(H2,23,25,27)(H,24,26,28). The van der Waals surface area contributed by atoms with E-state index in [0.717, 1.165) is 12.3 Å². The molecule has 158 valence electrons. The van der Waals surface area contributed by atoms with Crippen LogP contribution < -0.4 is 20.7 Å². The number of ether oxygens (including phenoxy) is 1. The highest BCUT2D eigenvalue weighted by Crippen LogP contribution is 2.27. The number of aliphatic imine (C=N–C) groups is 1. The molecule has 1 atom stereocenters. The lowest BCUT2D eigenvalue weighted by Crippen LogP contribution is -2.43. The van der Waals surface area contributed by atoms with E-state index < -0.39 is 11.9 Å². The molecule has 29 heavy (non-hydrogen) atoms. The van der Waals surface area contributed by atoms with E-state index in [0.29, 0.717) is 24.8 Å². The maximum atomic E-state index is 13.2. The highest BCUT2D eigenvalue weighted by atomic mass is 19.4. The normalized spacial score (nSPS) is 13.0. The summed E-state index contributed by atoms with van der Waals surface area (Å²) in [7, 11) is 1.58. The van der Waals surface area contributed by atoms with Crippen LogP contribution in [0.4, 0.5) is 23.5 Å². The number of rotatable bonds is 8. The summed E-state index contributed by atoms with van der Waals surface area (Å²) in [5.41, 5.74) is -1.01. The van der Waals surface area contributed by atoms with E-state index in [1.807, 2.05) is 6.92 Å². The third-order valence-corrected chi connectivity index (χ3v) is 3.56. The zero-order valence-corrected chi connectivity index (χ0v) is 15.9. The third kappa shape index (κ3) is 7.80. The fourth-order valence-electron chi connectivity index (χ4n) is 2.23. The fraction of sp³-hybridized carbons (Fsp3) is 0.389. The molecule has 0 saturated carbocycles. The van der Waals surface area contributed by atoms with Crippen molar-refractivity contribution in [3.8, 4) is 5.75 Å². The van der Waals surface area contributed by atoms with Crippen molar-refractivity contribution in [2.45, 2.75) is 19.2 Å². The number of guanidine groups is 1. The summed E-state index contributed by atoms with van der Waals surface area (Å²) in [5, 5.41) is 8.75. The predicted octanol–water partition coefficient (Wildman–Crippen LogP) is 2.68. The molecule has 11 heteroatoms. The third-order valence-electron chi connectivity index (χ3n) is 3.56. The maximum absolute atomic E-state index is 13.2. The maximum Gasteiger partial charge on any atom is 0.433 e. The van der Waals surface area contributed by atoms with Gasteiger partial charge < -0.3 is 20.7 Å². The summed E-state index contributed by atoms with van der Waals surface area (Å²) in [6.07, 6.45) is -3.73. The molecule has 2 aromatic rings. The highest BCUT2D eigenvalue weighted by Gasteiger charge is 2.32. The second-order valence-corrected chi connectivity index (χ2v) is 5.96. The lowest BCUT2D eigenvalue weighted by molar-refractivity contribution is -0.141. The van der Waals surface area contributed by atoms with Crippen LogP contribution in [0, 0.1) is 5.82 Å². The zero-order valence-electron chi connectivity index (χ0n) is 15.9. The van der Waals surface area contributed by atoms with Gasteiger partial charge in [-0.3, -0.25) is 4.99 Å². The van der Waals surface area contributed by atoms with Gasteiger partial charge in [-0.05, 0) is 25.1 Å². The van der Waals surface area contributed by atoms with Crippen molar-refractivity contribution in [1.82, 2.24) is 20.6 Å². The van der Waals surface area contributed by atoms with Gasteiger partial charge in [-0.1, -0.05) is 6.07 Å². The molecule has 1 heterocycles. The largest absolute Gasteiger partial charge is 0.489 e. The monoisotopic (exact) mass is 414 g/mol. The van der Waals surface area contributed by atoms with Gasteiger partial charge in [0.2, 0.25) is 5.95 Å². The number of hydrogen-bond donors (Lipinski definition) is 3. The van der Waals surface area contributed by atoms with E-state index in [9.17, 15) is 17.6 Å². The van der Waals surface area contributed by atoms with Gasteiger partial charge in [-0.2, -0.15) is 13.2 Å². The number of benzene rings is 1. The van der Waals surface area contributed by atoms with E-state index in [2.05, 4.69) is 30.9 Å². The molecular formula is C18H22F4N6O. The molecule has 3 N–H and O–H groups in total. The summed E-state index contributed by atoms with van der Waals surface area (Å²) < 4.78 is 56.7. The van der Waals surface area contributed by atoms with Crippen LogP contribution in [-0.2, 0) is 6.18 Å². The van der Waals surface area contributed by atoms with Crippen molar-refractivity contribution in [1.29, 1.82) is 0 Å². The first-order valence-electron chi connectivity index (χ1n) is 8.79. The topological polar surface area (TPSA) is 83.5 Å². The molecule has 0 radical (unpaired) electrons. The predicted molar refractivity (Wildman–Crippen MR) is 101 cm³/mol. The Morgan fingerprint density at radius 2 is 2.00 bits per heavy atom. The highest BCUT2D eigenvalue weighted by molar-refractivity contribution is 5.79. The van der Waals surface area contributed by atoms with E-state index in [-0.39, 0.29) is 24.4 Å². The minimum Gasteiger partial charge on any atom is -0.489 e. The SMILES string of the molecule is CN=C(NCCNc1nccc(C(F)(F)F)n1)NCC(C)Oc1cccc(F)c1. The van der Waals surface area contributed by atoms with Crippen LogP contribution in [0.3, 0.4) is 0 Å². The summed E-state index contributed by atoms with van der Waals surface area (Å²) >= 11 is 0. The molecule has 0 fully saturated rings. The Hall–Kier alpha value is -3.11. The lowest BCUT2D eigenvalue weighted by Gasteiger charge is -2.18. The van der Waals surface area contributed by atoms with Crippen molar-refractivity contribution in [3.63, 3.8) is 0 Å². The Morgan fingerprint density at radius 1 is 1.21 bits per heavy atom. The number of halogens is 4. The van der Waals surface area contributed by atoms with Crippen LogP contribution in [0.5, 0.6) is 5.75 Å². The molecule has 0 aliphatic heterocycles. The van der Waals surface area contributed by atoms with Crippen LogP contribution in [0.2, 0.25) is 0 Å². The smallest absolute Gasteiger partial charge is 0.433 e. The molecule has 1 aromatic heterocycles. The number of nitrogens with one attached hydrogen (secondary N) is 3. The molecule has 0 saturated heterocycles. The Kier molecular flexibility index (Phi) is 7.98. The molecule has 0 bridgehead atoms. The van der Waals surface area contributed by atoms with Crippen LogP contribution in [-0.4, -0.2) is 48.7 Å². The molecule has 0 aliphatic rings. The van der Waals surface area contributed by atoms with Crippen molar-refractivity contribution in [2.75, 3.05) is 32.0 Å². The van der Waals surface area contributed by atoms with Crippen LogP contribution in [0.1, 0.15) is 12.6 Å². The van der Waals surface area contributed by atoms with Gasteiger partial charge in [-0.25, -0.2) is 14.4 Å². The van der Waals surface area contributed by atoms with Gasteiger partial charge >= 0.3 is 6.18 Å². The van der Waals surface area contributed by atoms with Gasteiger partial charge in [0.25, 0.3) is 0 Å². The number of nitrogens with zero attached hydrogens (tertiary/aromatic N) is 3. The molecule has 7 nitrogen and oxygen atoms in total. The molecular weight excluding hydrogens is 392 g/mol. The second kappa shape index (κ2) is 10.4. The Bertz CT molecular complexity index is 815. The Balaban J connectivity index is 1.71. The summed E-state index contributed by atoms with van der Waals surface area (Å²) in [6.45, 7) is 2.86.